The summed E-state index contributed by atoms with van der Waals surface area (Å²) in [5, 5.41) is 0. The first kappa shape index (κ1) is 12.3. The molecule has 2 bridgehead atoms. The van der Waals surface area contributed by atoms with E-state index >= 15 is 0 Å². The zero-order valence-corrected chi connectivity index (χ0v) is 12.3. The van der Waals surface area contributed by atoms with E-state index in [0.717, 1.165) is 4.47 Å². The number of ether oxygens (including phenoxy) is 1. The van der Waals surface area contributed by atoms with E-state index in [4.69, 9.17) is 4.74 Å². The van der Waals surface area contributed by atoms with Crippen LogP contribution in [-0.2, 0) is 14.3 Å². The van der Waals surface area contributed by atoms with Gasteiger partial charge < -0.3 is 4.74 Å². The van der Waals surface area contributed by atoms with Crippen LogP contribution in [0.1, 0.15) is 6.92 Å². The third kappa shape index (κ3) is 1.39. The summed E-state index contributed by atoms with van der Waals surface area (Å²) in [5.74, 6) is -1.08. The molecule has 1 aromatic rings. The highest BCUT2D eigenvalue weighted by atomic mass is 79.9. The largest absolute Gasteiger partial charge is 0.362 e. The summed E-state index contributed by atoms with van der Waals surface area (Å²) in [6.45, 7) is 1.88. The Balaban J connectivity index is 1.77. The van der Waals surface area contributed by atoms with Crippen LogP contribution in [0.3, 0.4) is 0 Å². The normalized spacial score (nSPS) is 37.9. The highest BCUT2D eigenvalue weighted by molar-refractivity contribution is 9.10. The lowest BCUT2D eigenvalue weighted by molar-refractivity contribution is -0.126. The first-order chi connectivity index (χ1) is 9.51. The van der Waals surface area contributed by atoms with Gasteiger partial charge in [0, 0.05) is 4.47 Å². The number of rotatable bonds is 1. The predicted molar refractivity (Wildman–Crippen MR) is 76.0 cm³/mol. The first-order valence-electron chi connectivity index (χ1n) is 6.52. The van der Waals surface area contributed by atoms with E-state index in [0.29, 0.717) is 5.69 Å². The van der Waals surface area contributed by atoms with Crippen molar-refractivity contribution in [3.05, 3.63) is 40.9 Å². The van der Waals surface area contributed by atoms with Crippen LogP contribution in [0, 0.1) is 11.8 Å². The molecular formula is C15H12BrNO3. The molecule has 4 atom stereocenters. The molecule has 1 aromatic carbocycles. The quantitative estimate of drug-likeness (QED) is 0.585. The zero-order valence-electron chi connectivity index (χ0n) is 10.7. The van der Waals surface area contributed by atoms with Crippen molar-refractivity contribution in [1.82, 2.24) is 0 Å². The van der Waals surface area contributed by atoms with E-state index in [1.54, 1.807) is 12.1 Å². The maximum absolute atomic E-state index is 12.7. The van der Waals surface area contributed by atoms with Crippen molar-refractivity contribution in [2.45, 2.75) is 18.6 Å². The van der Waals surface area contributed by atoms with Gasteiger partial charge in [-0.25, -0.2) is 4.90 Å². The molecule has 2 saturated heterocycles. The van der Waals surface area contributed by atoms with Crippen LogP contribution in [0.15, 0.2) is 40.9 Å². The van der Waals surface area contributed by atoms with Crippen LogP contribution in [0.5, 0.6) is 0 Å². The molecule has 0 radical (unpaired) electrons. The second-order valence-corrected chi connectivity index (χ2v) is 6.53. The van der Waals surface area contributed by atoms with Gasteiger partial charge in [0.15, 0.2) is 0 Å². The fourth-order valence-corrected chi connectivity index (χ4v) is 3.76. The lowest BCUT2D eigenvalue weighted by atomic mass is 9.78. The number of amides is 2. The van der Waals surface area contributed by atoms with E-state index in [-0.39, 0.29) is 23.8 Å². The molecule has 4 nitrogen and oxygen atoms in total. The summed E-state index contributed by atoms with van der Waals surface area (Å²) >= 11 is 3.35. The smallest absolute Gasteiger partial charge is 0.241 e. The SMILES string of the molecule is C[C@]12C=C[C@@H](O1)[C@H]1C(=O)N(c3ccc(Br)cc3)C(=O)[C@@H]12. The summed E-state index contributed by atoms with van der Waals surface area (Å²) in [6, 6.07) is 7.21. The highest BCUT2D eigenvalue weighted by Crippen LogP contribution is 2.52. The first-order valence-corrected chi connectivity index (χ1v) is 7.31. The number of benzene rings is 1. The molecule has 2 fully saturated rings. The number of nitrogens with zero attached hydrogens (tertiary/aromatic N) is 1. The molecule has 2 amide bonds. The van der Waals surface area contributed by atoms with E-state index in [9.17, 15) is 9.59 Å². The Kier molecular flexibility index (Phi) is 2.34. The van der Waals surface area contributed by atoms with Crippen LogP contribution < -0.4 is 4.90 Å². The summed E-state index contributed by atoms with van der Waals surface area (Å²) in [4.78, 5) is 26.6. The lowest BCUT2D eigenvalue weighted by Crippen LogP contribution is -2.38. The van der Waals surface area contributed by atoms with E-state index in [1.165, 1.54) is 4.90 Å². The molecule has 0 spiro atoms. The molecule has 3 aliphatic heterocycles. The Hall–Kier alpha value is -1.46. The number of fused-ring (bicyclic) bond motifs is 5. The minimum atomic E-state index is -0.633. The maximum Gasteiger partial charge on any atom is 0.241 e. The topological polar surface area (TPSA) is 46.6 Å². The van der Waals surface area contributed by atoms with Gasteiger partial charge in [-0.3, -0.25) is 9.59 Å². The second-order valence-electron chi connectivity index (χ2n) is 5.62. The molecule has 0 aromatic heterocycles. The molecule has 0 aliphatic carbocycles. The lowest BCUT2D eigenvalue weighted by Gasteiger charge is -2.24. The van der Waals surface area contributed by atoms with Crippen molar-refractivity contribution < 1.29 is 14.3 Å². The molecule has 102 valence electrons. The number of carbonyl (C=O) groups excluding carboxylic acids is 2. The Morgan fingerprint density at radius 1 is 1.20 bits per heavy atom. The zero-order chi connectivity index (χ0) is 14.1. The van der Waals surface area contributed by atoms with Crippen LogP contribution >= 0.6 is 15.9 Å². The van der Waals surface area contributed by atoms with Crippen LogP contribution in [0.4, 0.5) is 5.69 Å². The Bertz CT molecular complexity index is 654. The monoisotopic (exact) mass is 333 g/mol. The van der Waals surface area contributed by atoms with E-state index in [2.05, 4.69) is 15.9 Å². The van der Waals surface area contributed by atoms with E-state index in [1.807, 2.05) is 31.2 Å². The van der Waals surface area contributed by atoms with Gasteiger partial charge in [0.2, 0.25) is 11.8 Å². The molecule has 20 heavy (non-hydrogen) atoms. The Morgan fingerprint density at radius 3 is 2.55 bits per heavy atom. The minimum Gasteiger partial charge on any atom is -0.362 e. The number of anilines is 1. The summed E-state index contributed by atoms with van der Waals surface area (Å²) in [7, 11) is 0. The third-order valence-electron chi connectivity index (χ3n) is 4.41. The molecule has 3 aliphatic rings. The fourth-order valence-electron chi connectivity index (χ4n) is 3.50. The van der Waals surface area contributed by atoms with Crippen LogP contribution in [-0.4, -0.2) is 23.5 Å². The molecule has 0 N–H and O–H groups in total. The number of carbonyl (C=O) groups is 2. The van der Waals surface area contributed by atoms with Gasteiger partial charge in [0.05, 0.1) is 29.2 Å². The van der Waals surface area contributed by atoms with Gasteiger partial charge in [-0.2, -0.15) is 0 Å². The van der Waals surface area contributed by atoms with Gasteiger partial charge in [-0.05, 0) is 31.2 Å². The number of hydrogen-bond acceptors (Lipinski definition) is 3. The van der Waals surface area contributed by atoms with Gasteiger partial charge >= 0.3 is 0 Å². The van der Waals surface area contributed by atoms with Crippen molar-refractivity contribution in [3.8, 4) is 0 Å². The molecular weight excluding hydrogens is 322 g/mol. The van der Waals surface area contributed by atoms with Gasteiger partial charge in [0.1, 0.15) is 0 Å². The predicted octanol–water partition coefficient (Wildman–Crippen LogP) is 2.28. The van der Waals surface area contributed by atoms with Crippen molar-refractivity contribution >= 4 is 33.4 Å². The maximum atomic E-state index is 12.7. The Morgan fingerprint density at radius 2 is 1.90 bits per heavy atom. The standard InChI is InChI=1S/C15H12BrNO3/c1-15-7-6-10(20-15)11-12(15)14(19)17(13(11)18)9-4-2-8(16)3-5-9/h2-7,10-12H,1H3/t10-,11-,12-,15-/m1/s1. The molecule has 0 unspecified atom stereocenters. The van der Waals surface area contributed by atoms with Gasteiger partial charge in [-0.1, -0.05) is 28.1 Å². The molecule has 3 heterocycles. The van der Waals surface area contributed by atoms with Gasteiger partial charge in [-0.15, -0.1) is 0 Å². The molecule has 0 saturated carbocycles. The summed E-state index contributed by atoms with van der Waals surface area (Å²) < 4.78 is 6.70. The summed E-state index contributed by atoms with van der Waals surface area (Å²) in [6.07, 6.45) is 3.55. The average Bonchev–Trinajstić information content (AvgIpc) is 3.01. The Labute approximate surface area is 124 Å². The number of imide groups is 1. The average molecular weight is 334 g/mol. The number of hydrogen-bond donors (Lipinski definition) is 0. The number of halogens is 1. The van der Waals surface area contributed by atoms with E-state index < -0.39 is 11.5 Å². The minimum absolute atomic E-state index is 0.152. The fraction of sp³-hybridized carbons (Fsp3) is 0.333. The summed E-state index contributed by atoms with van der Waals surface area (Å²) in [5.41, 5.74) is -0.00719. The van der Waals surface area contributed by atoms with Crippen LogP contribution in [0.2, 0.25) is 0 Å². The second kappa shape index (κ2) is 3.80. The molecule has 4 rings (SSSR count). The third-order valence-corrected chi connectivity index (χ3v) is 4.94. The van der Waals surface area contributed by atoms with Crippen molar-refractivity contribution in [1.29, 1.82) is 0 Å². The highest BCUT2D eigenvalue weighted by Gasteiger charge is 2.65. The van der Waals surface area contributed by atoms with Crippen molar-refractivity contribution in [3.63, 3.8) is 0 Å². The van der Waals surface area contributed by atoms with Crippen LogP contribution in [0.25, 0.3) is 0 Å². The molecule has 5 heteroatoms. The van der Waals surface area contributed by atoms with Gasteiger partial charge in [0.25, 0.3) is 0 Å². The van der Waals surface area contributed by atoms with Crippen molar-refractivity contribution in [2.75, 3.05) is 4.90 Å². The van der Waals surface area contributed by atoms with Crippen molar-refractivity contribution in [2.24, 2.45) is 11.8 Å².